The van der Waals surface area contributed by atoms with Crippen molar-refractivity contribution in [1.29, 1.82) is 5.26 Å². The second-order valence-electron chi connectivity index (χ2n) is 4.42. The van der Waals surface area contributed by atoms with E-state index in [1.165, 1.54) is 5.56 Å². The van der Waals surface area contributed by atoms with Crippen LogP contribution >= 0.6 is 0 Å². The Morgan fingerprint density at radius 2 is 2.21 bits per heavy atom. The minimum absolute atomic E-state index is 0.409. The lowest BCUT2D eigenvalue weighted by Crippen LogP contribution is -2.08. The largest absolute Gasteiger partial charge is 0.493 e. The molecule has 1 N–H and O–H groups in total. The first-order chi connectivity index (χ1) is 9.35. The van der Waals surface area contributed by atoms with Gasteiger partial charge in [0.05, 0.1) is 6.61 Å². The van der Waals surface area contributed by atoms with E-state index in [-0.39, 0.29) is 0 Å². The number of aromatic nitrogens is 1. The second kappa shape index (κ2) is 4.99. The molecule has 3 rings (SSSR count). The molecule has 0 radical (unpaired) electrons. The first-order valence-corrected chi connectivity index (χ1v) is 6.25. The molecule has 19 heavy (non-hydrogen) atoms. The minimum Gasteiger partial charge on any atom is -0.493 e. The van der Waals surface area contributed by atoms with Crippen molar-refractivity contribution in [3.63, 3.8) is 0 Å². The molecule has 1 aromatic heterocycles. The third-order valence-electron chi connectivity index (χ3n) is 3.04. The predicted octanol–water partition coefficient (Wildman–Crippen LogP) is 3.02. The summed E-state index contributed by atoms with van der Waals surface area (Å²) in [4.78, 5) is 4.20. The quantitative estimate of drug-likeness (QED) is 0.891. The summed E-state index contributed by atoms with van der Waals surface area (Å²) in [5.41, 5.74) is 2.59. The Hall–Kier alpha value is -2.54. The first-order valence-electron chi connectivity index (χ1n) is 6.25. The highest BCUT2D eigenvalue weighted by molar-refractivity contribution is 5.60. The van der Waals surface area contributed by atoms with Crippen molar-refractivity contribution in [1.82, 2.24) is 4.98 Å². The maximum Gasteiger partial charge on any atom is 0.142 e. The number of hydrogen-bond donors (Lipinski definition) is 1. The molecule has 4 nitrogen and oxygen atoms in total. The van der Waals surface area contributed by atoms with Crippen LogP contribution in [0, 0.1) is 11.3 Å². The second-order valence-corrected chi connectivity index (χ2v) is 4.42. The number of pyridine rings is 1. The van der Waals surface area contributed by atoms with Gasteiger partial charge in [-0.3, -0.25) is 0 Å². The van der Waals surface area contributed by atoms with Crippen LogP contribution in [-0.2, 0) is 6.42 Å². The van der Waals surface area contributed by atoms with Gasteiger partial charge in [0.1, 0.15) is 23.3 Å². The molecule has 1 aliphatic heterocycles. The lowest BCUT2D eigenvalue weighted by atomic mass is 10.1. The van der Waals surface area contributed by atoms with Crippen molar-refractivity contribution < 1.29 is 4.74 Å². The maximum absolute atomic E-state index is 8.83. The molecule has 4 heteroatoms. The Balaban J connectivity index is 1.85. The molecule has 2 aromatic rings. The number of nitrogens with one attached hydrogen (secondary N) is 1. The zero-order valence-corrected chi connectivity index (χ0v) is 10.4. The molecule has 0 bridgehead atoms. The number of nitriles is 1. The van der Waals surface area contributed by atoms with Crippen LogP contribution < -0.4 is 10.1 Å². The molecule has 1 aliphatic rings. The van der Waals surface area contributed by atoms with E-state index in [1.807, 2.05) is 30.3 Å². The Bertz CT molecular complexity index is 646. The average Bonchev–Trinajstić information content (AvgIpc) is 2.47. The number of aryl methyl sites for hydroxylation is 1. The number of hydrogen-bond acceptors (Lipinski definition) is 4. The van der Waals surface area contributed by atoms with Gasteiger partial charge in [-0.25, -0.2) is 4.98 Å². The third-order valence-corrected chi connectivity index (χ3v) is 3.04. The summed E-state index contributed by atoms with van der Waals surface area (Å²) in [5.74, 6) is 1.64. The van der Waals surface area contributed by atoms with Crippen LogP contribution in [0.3, 0.4) is 0 Å². The van der Waals surface area contributed by atoms with Crippen molar-refractivity contribution >= 4 is 11.5 Å². The van der Waals surface area contributed by atoms with Crippen LogP contribution in [0.5, 0.6) is 5.75 Å². The molecule has 1 aromatic carbocycles. The minimum atomic E-state index is 0.409. The lowest BCUT2D eigenvalue weighted by molar-refractivity contribution is 0.288. The van der Waals surface area contributed by atoms with Gasteiger partial charge in [0.25, 0.3) is 0 Å². The first kappa shape index (κ1) is 11.5. The summed E-state index contributed by atoms with van der Waals surface area (Å²) < 4.78 is 5.58. The Kier molecular flexibility index (Phi) is 3.03. The van der Waals surface area contributed by atoms with Crippen molar-refractivity contribution in [2.45, 2.75) is 12.8 Å². The number of fused-ring (bicyclic) bond motifs is 1. The normalized spacial score (nSPS) is 13.0. The molecule has 94 valence electrons. The molecule has 0 aliphatic carbocycles. The van der Waals surface area contributed by atoms with Crippen molar-refractivity contribution in [3.05, 3.63) is 47.7 Å². The molecular formula is C15H13N3O. The Morgan fingerprint density at radius 3 is 3.11 bits per heavy atom. The van der Waals surface area contributed by atoms with Crippen LogP contribution in [-0.4, -0.2) is 11.6 Å². The van der Waals surface area contributed by atoms with E-state index in [9.17, 15) is 0 Å². The van der Waals surface area contributed by atoms with Gasteiger partial charge >= 0.3 is 0 Å². The molecule has 0 amide bonds. The fourth-order valence-corrected chi connectivity index (χ4v) is 2.15. The summed E-state index contributed by atoms with van der Waals surface area (Å²) in [6, 6.07) is 13.4. The number of ether oxygens (including phenoxy) is 1. The van der Waals surface area contributed by atoms with Gasteiger partial charge < -0.3 is 10.1 Å². The van der Waals surface area contributed by atoms with Crippen LogP contribution in [0.1, 0.15) is 17.7 Å². The lowest BCUT2D eigenvalue weighted by Gasteiger charge is -2.18. The highest BCUT2D eigenvalue weighted by Crippen LogP contribution is 2.28. The molecule has 0 fully saturated rings. The van der Waals surface area contributed by atoms with E-state index in [1.54, 1.807) is 6.07 Å². The Morgan fingerprint density at radius 1 is 1.26 bits per heavy atom. The van der Waals surface area contributed by atoms with Gasteiger partial charge in [0.15, 0.2) is 0 Å². The SMILES string of the molecule is N#Cc1cccc(Nc2ccc3c(c2)CCCO3)n1. The maximum atomic E-state index is 8.83. The average molecular weight is 251 g/mol. The van der Waals surface area contributed by atoms with E-state index in [4.69, 9.17) is 10.00 Å². The molecule has 0 saturated carbocycles. The monoisotopic (exact) mass is 251 g/mol. The zero-order chi connectivity index (χ0) is 13.1. The van der Waals surface area contributed by atoms with Crippen LogP contribution in [0.25, 0.3) is 0 Å². The van der Waals surface area contributed by atoms with E-state index >= 15 is 0 Å². The van der Waals surface area contributed by atoms with E-state index < -0.39 is 0 Å². The van der Waals surface area contributed by atoms with Gasteiger partial charge in [0.2, 0.25) is 0 Å². The molecule has 2 heterocycles. The van der Waals surface area contributed by atoms with Crippen molar-refractivity contribution in [2.75, 3.05) is 11.9 Å². The van der Waals surface area contributed by atoms with E-state index in [2.05, 4.69) is 16.4 Å². The van der Waals surface area contributed by atoms with Crippen LogP contribution in [0.2, 0.25) is 0 Å². The van der Waals surface area contributed by atoms with Crippen molar-refractivity contribution in [3.8, 4) is 11.8 Å². The fourth-order valence-electron chi connectivity index (χ4n) is 2.15. The summed E-state index contributed by atoms with van der Waals surface area (Å²) in [5, 5.41) is 12.0. The highest BCUT2D eigenvalue weighted by atomic mass is 16.5. The number of nitrogens with zero attached hydrogens (tertiary/aromatic N) is 2. The highest BCUT2D eigenvalue weighted by Gasteiger charge is 2.10. The van der Waals surface area contributed by atoms with Gasteiger partial charge in [-0.15, -0.1) is 0 Å². The summed E-state index contributed by atoms with van der Waals surface area (Å²) in [6.45, 7) is 0.797. The fraction of sp³-hybridized carbons (Fsp3) is 0.200. The summed E-state index contributed by atoms with van der Waals surface area (Å²) in [6.07, 6.45) is 2.09. The molecule has 0 atom stereocenters. The summed E-state index contributed by atoms with van der Waals surface area (Å²) >= 11 is 0. The molecule has 0 spiro atoms. The Labute approximate surface area is 111 Å². The van der Waals surface area contributed by atoms with Gasteiger partial charge in [-0.2, -0.15) is 5.26 Å². The standard InChI is InChI=1S/C15H13N3O/c16-10-13-4-1-5-15(18-13)17-12-6-7-14-11(9-12)3-2-8-19-14/h1,4-7,9H,2-3,8H2,(H,17,18). The molecule has 0 saturated heterocycles. The van der Waals surface area contributed by atoms with Crippen LogP contribution in [0.15, 0.2) is 36.4 Å². The topological polar surface area (TPSA) is 57.9 Å². The van der Waals surface area contributed by atoms with E-state index in [0.717, 1.165) is 30.9 Å². The van der Waals surface area contributed by atoms with Gasteiger partial charge in [0, 0.05) is 5.69 Å². The van der Waals surface area contributed by atoms with Crippen molar-refractivity contribution in [2.24, 2.45) is 0 Å². The predicted molar refractivity (Wildman–Crippen MR) is 72.5 cm³/mol. The summed E-state index contributed by atoms with van der Waals surface area (Å²) in [7, 11) is 0. The van der Waals surface area contributed by atoms with E-state index in [0.29, 0.717) is 11.5 Å². The number of rotatable bonds is 2. The third kappa shape index (κ3) is 2.50. The molecule has 0 unspecified atom stereocenters. The zero-order valence-electron chi connectivity index (χ0n) is 10.4. The number of benzene rings is 1. The van der Waals surface area contributed by atoms with Gasteiger partial charge in [-0.05, 0) is 48.7 Å². The smallest absolute Gasteiger partial charge is 0.142 e. The molecular weight excluding hydrogens is 238 g/mol. The number of anilines is 2. The van der Waals surface area contributed by atoms with Gasteiger partial charge in [-0.1, -0.05) is 6.07 Å². The van der Waals surface area contributed by atoms with Crippen LogP contribution in [0.4, 0.5) is 11.5 Å².